The van der Waals surface area contributed by atoms with E-state index in [0.29, 0.717) is 0 Å². The lowest BCUT2D eigenvalue weighted by atomic mass is 10.1. The summed E-state index contributed by atoms with van der Waals surface area (Å²) in [4.78, 5) is 0. The maximum absolute atomic E-state index is 9.78. The molecule has 0 aliphatic rings. The SMILES string of the molecule is CCSC(SCC)[C@H](O)[C@@H](O)[C@H](O)CO. The lowest BCUT2D eigenvalue weighted by Crippen LogP contribution is -2.44. The molecule has 0 fully saturated rings. The summed E-state index contributed by atoms with van der Waals surface area (Å²) in [6.45, 7) is 3.39. The summed E-state index contributed by atoms with van der Waals surface area (Å²) in [6, 6.07) is 0. The molecule has 0 saturated carbocycles. The number of aliphatic hydroxyl groups excluding tert-OH is 4. The van der Waals surface area contributed by atoms with E-state index < -0.39 is 24.9 Å². The summed E-state index contributed by atoms with van der Waals surface area (Å²) in [7, 11) is 0. The molecule has 0 amide bonds. The Labute approximate surface area is 99.1 Å². The van der Waals surface area contributed by atoms with E-state index in [1.54, 1.807) is 0 Å². The van der Waals surface area contributed by atoms with E-state index in [1.165, 1.54) is 23.5 Å². The molecule has 0 aliphatic heterocycles. The summed E-state index contributed by atoms with van der Waals surface area (Å²) < 4.78 is -0.170. The molecule has 0 aromatic rings. The zero-order valence-corrected chi connectivity index (χ0v) is 10.7. The van der Waals surface area contributed by atoms with Crippen LogP contribution in [0.3, 0.4) is 0 Å². The molecule has 0 heterocycles. The van der Waals surface area contributed by atoms with E-state index in [9.17, 15) is 15.3 Å². The Morgan fingerprint density at radius 1 is 0.933 bits per heavy atom. The van der Waals surface area contributed by atoms with Gasteiger partial charge in [-0.3, -0.25) is 0 Å². The molecule has 0 bridgehead atoms. The highest BCUT2D eigenvalue weighted by molar-refractivity contribution is 8.17. The molecule has 0 aromatic carbocycles. The first-order valence-electron chi connectivity index (χ1n) is 4.96. The normalized spacial score (nSPS) is 17.8. The molecule has 0 radical (unpaired) electrons. The molecule has 0 saturated heterocycles. The molecule has 92 valence electrons. The minimum Gasteiger partial charge on any atom is -0.394 e. The Morgan fingerprint density at radius 3 is 1.73 bits per heavy atom. The van der Waals surface area contributed by atoms with Crippen LogP contribution in [0, 0.1) is 0 Å². The molecule has 15 heavy (non-hydrogen) atoms. The van der Waals surface area contributed by atoms with Crippen molar-refractivity contribution in [2.24, 2.45) is 0 Å². The van der Waals surface area contributed by atoms with Crippen LogP contribution < -0.4 is 0 Å². The van der Waals surface area contributed by atoms with Crippen molar-refractivity contribution in [1.82, 2.24) is 0 Å². The largest absolute Gasteiger partial charge is 0.394 e. The fourth-order valence-electron chi connectivity index (χ4n) is 1.07. The average molecular weight is 256 g/mol. The van der Waals surface area contributed by atoms with Crippen molar-refractivity contribution in [3.8, 4) is 0 Å². The quantitative estimate of drug-likeness (QED) is 0.454. The first kappa shape index (κ1) is 15.5. The van der Waals surface area contributed by atoms with Crippen LogP contribution in [-0.2, 0) is 0 Å². The lowest BCUT2D eigenvalue weighted by Gasteiger charge is -2.27. The summed E-state index contributed by atoms with van der Waals surface area (Å²) in [5, 5.41) is 37.2. The van der Waals surface area contributed by atoms with Crippen LogP contribution in [0.25, 0.3) is 0 Å². The zero-order valence-electron chi connectivity index (χ0n) is 9.04. The van der Waals surface area contributed by atoms with Gasteiger partial charge >= 0.3 is 0 Å². The molecule has 0 aliphatic carbocycles. The molecular formula is C9H20O4S2. The van der Waals surface area contributed by atoms with Gasteiger partial charge in [-0.15, -0.1) is 23.5 Å². The van der Waals surface area contributed by atoms with Gasteiger partial charge in [0.05, 0.1) is 11.2 Å². The molecule has 4 N–H and O–H groups in total. The Morgan fingerprint density at radius 2 is 1.40 bits per heavy atom. The van der Waals surface area contributed by atoms with Crippen LogP contribution in [0.2, 0.25) is 0 Å². The van der Waals surface area contributed by atoms with Crippen molar-refractivity contribution in [1.29, 1.82) is 0 Å². The van der Waals surface area contributed by atoms with E-state index in [0.717, 1.165) is 11.5 Å². The zero-order chi connectivity index (χ0) is 11.8. The highest BCUT2D eigenvalue weighted by Crippen LogP contribution is 2.28. The minimum atomic E-state index is -1.29. The minimum absolute atomic E-state index is 0.170. The third-order valence-corrected chi connectivity index (χ3v) is 4.57. The van der Waals surface area contributed by atoms with E-state index >= 15 is 0 Å². The van der Waals surface area contributed by atoms with Gasteiger partial charge in [0.15, 0.2) is 0 Å². The van der Waals surface area contributed by atoms with Gasteiger partial charge in [0.25, 0.3) is 0 Å². The van der Waals surface area contributed by atoms with Crippen LogP contribution in [0.1, 0.15) is 13.8 Å². The number of hydrogen-bond acceptors (Lipinski definition) is 6. The highest BCUT2D eigenvalue weighted by Gasteiger charge is 2.30. The summed E-state index contributed by atoms with van der Waals surface area (Å²) in [6.07, 6.45) is -3.60. The number of aliphatic hydroxyl groups is 4. The molecule has 0 spiro atoms. The third-order valence-electron chi connectivity index (χ3n) is 1.87. The Bertz CT molecular complexity index is 153. The number of hydrogen-bond donors (Lipinski definition) is 4. The molecular weight excluding hydrogens is 236 g/mol. The predicted octanol–water partition coefficient (Wildman–Crippen LogP) is -0.106. The van der Waals surface area contributed by atoms with Crippen LogP contribution in [0.4, 0.5) is 0 Å². The third kappa shape index (κ3) is 5.42. The van der Waals surface area contributed by atoms with E-state index in [2.05, 4.69) is 0 Å². The lowest BCUT2D eigenvalue weighted by molar-refractivity contribution is -0.0706. The van der Waals surface area contributed by atoms with Crippen molar-refractivity contribution < 1.29 is 20.4 Å². The topological polar surface area (TPSA) is 80.9 Å². The van der Waals surface area contributed by atoms with E-state index in [1.807, 2.05) is 13.8 Å². The van der Waals surface area contributed by atoms with Crippen molar-refractivity contribution >= 4 is 23.5 Å². The first-order chi connectivity index (χ1) is 7.08. The van der Waals surface area contributed by atoms with Gasteiger partial charge in [-0.25, -0.2) is 0 Å². The fraction of sp³-hybridized carbons (Fsp3) is 1.00. The number of rotatable bonds is 8. The van der Waals surface area contributed by atoms with Crippen LogP contribution in [-0.4, -0.2) is 61.4 Å². The molecule has 0 unspecified atom stereocenters. The number of thioether (sulfide) groups is 2. The Kier molecular flexibility index (Phi) is 8.98. The Balaban J connectivity index is 4.26. The Hall–Kier alpha value is 0.540. The van der Waals surface area contributed by atoms with Crippen LogP contribution >= 0.6 is 23.5 Å². The second kappa shape index (κ2) is 8.66. The molecule has 3 atom stereocenters. The van der Waals surface area contributed by atoms with Crippen LogP contribution in [0.15, 0.2) is 0 Å². The maximum atomic E-state index is 9.78. The fourth-order valence-corrected chi connectivity index (χ4v) is 3.65. The van der Waals surface area contributed by atoms with E-state index in [4.69, 9.17) is 5.11 Å². The summed E-state index contributed by atoms with van der Waals surface area (Å²) in [5.74, 6) is 1.66. The molecule has 0 aromatic heterocycles. The average Bonchev–Trinajstić information content (AvgIpc) is 2.25. The summed E-state index contributed by atoms with van der Waals surface area (Å²) >= 11 is 3.05. The second-order valence-electron chi connectivity index (χ2n) is 3.01. The van der Waals surface area contributed by atoms with Crippen molar-refractivity contribution in [2.45, 2.75) is 36.7 Å². The predicted molar refractivity (Wildman–Crippen MR) is 65.2 cm³/mol. The first-order valence-corrected chi connectivity index (χ1v) is 7.06. The highest BCUT2D eigenvalue weighted by atomic mass is 32.2. The summed E-state index contributed by atoms with van der Waals surface area (Å²) in [5.41, 5.74) is 0. The van der Waals surface area contributed by atoms with Gasteiger partial charge < -0.3 is 20.4 Å². The van der Waals surface area contributed by atoms with Crippen LogP contribution in [0.5, 0.6) is 0 Å². The molecule has 4 nitrogen and oxygen atoms in total. The van der Waals surface area contributed by atoms with Gasteiger partial charge in [0.1, 0.15) is 18.3 Å². The van der Waals surface area contributed by atoms with Crippen molar-refractivity contribution in [3.05, 3.63) is 0 Å². The smallest absolute Gasteiger partial charge is 0.110 e. The van der Waals surface area contributed by atoms with Gasteiger partial charge in [0, 0.05) is 0 Å². The van der Waals surface area contributed by atoms with Gasteiger partial charge in [0.2, 0.25) is 0 Å². The molecule has 6 heteroatoms. The maximum Gasteiger partial charge on any atom is 0.110 e. The van der Waals surface area contributed by atoms with E-state index in [-0.39, 0.29) is 4.58 Å². The molecule has 0 rings (SSSR count). The van der Waals surface area contributed by atoms with Gasteiger partial charge in [-0.1, -0.05) is 13.8 Å². The van der Waals surface area contributed by atoms with Gasteiger partial charge in [-0.05, 0) is 11.5 Å². The monoisotopic (exact) mass is 256 g/mol. The van der Waals surface area contributed by atoms with Gasteiger partial charge in [-0.2, -0.15) is 0 Å². The standard InChI is InChI=1S/C9H20O4S2/c1-3-14-9(15-4-2)8(13)7(12)6(11)5-10/h6-13H,3-5H2,1-2H3/t6-,7+,8-/m1/s1. The van der Waals surface area contributed by atoms with Crippen molar-refractivity contribution in [3.63, 3.8) is 0 Å². The second-order valence-corrected chi connectivity index (χ2v) is 6.15. The van der Waals surface area contributed by atoms with Crippen molar-refractivity contribution in [2.75, 3.05) is 18.1 Å².